The van der Waals surface area contributed by atoms with Gasteiger partial charge in [0.1, 0.15) is 0 Å². The summed E-state index contributed by atoms with van der Waals surface area (Å²) in [5.41, 5.74) is -0.236. The third-order valence-corrected chi connectivity index (χ3v) is 6.38. The van der Waals surface area contributed by atoms with E-state index in [1.54, 1.807) is 0 Å². The first-order valence-corrected chi connectivity index (χ1v) is 12.0. The summed E-state index contributed by atoms with van der Waals surface area (Å²) in [5.74, 6) is 0. The fraction of sp³-hybridized carbons (Fsp3) is 1.00. The molecule has 2 aliphatic rings. The van der Waals surface area contributed by atoms with Crippen molar-refractivity contribution in [3.63, 3.8) is 0 Å². The van der Waals surface area contributed by atoms with E-state index in [9.17, 15) is 0 Å². The molecule has 0 amide bonds. The normalized spacial score (nSPS) is 27.7. The predicted octanol–water partition coefficient (Wildman–Crippen LogP) is 6.17. The molecule has 0 saturated carbocycles. The van der Waals surface area contributed by atoms with Gasteiger partial charge in [-0.25, -0.2) is 0 Å². The molecule has 0 aromatic rings. The van der Waals surface area contributed by atoms with Crippen LogP contribution in [-0.4, -0.2) is 57.6 Å². The summed E-state index contributed by atoms with van der Waals surface area (Å²) < 4.78 is 0. The molecule has 0 bridgehead atoms. The molecule has 0 atom stereocenters. The first kappa shape index (κ1) is 25.7. The van der Waals surface area contributed by atoms with Crippen LogP contribution in [0.1, 0.15) is 108 Å². The Morgan fingerprint density at radius 1 is 0.600 bits per heavy atom. The number of hydrogen-bond donors (Lipinski definition) is 0. The highest BCUT2D eigenvalue weighted by Gasteiger charge is 2.48. The van der Waals surface area contributed by atoms with Crippen LogP contribution in [0, 0.1) is 0 Å². The van der Waals surface area contributed by atoms with Gasteiger partial charge >= 0.3 is 0 Å². The van der Waals surface area contributed by atoms with Crippen LogP contribution in [0.5, 0.6) is 0 Å². The molecule has 0 spiro atoms. The van der Waals surface area contributed by atoms with Crippen molar-refractivity contribution in [3.05, 3.63) is 0 Å². The Labute approximate surface area is 185 Å². The van der Waals surface area contributed by atoms with Crippen LogP contribution in [0.3, 0.4) is 0 Å². The third kappa shape index (κ3) is 6.02. The van der Waals surface area contributed by atoms with Gasteiger partial charge in [-0.1, -0.05) is 13.8 Å². The number of nitrogens with zero attached hydrogens (tertiary/aromatic N) is 4. The fourth-order valence-electron chi connectivity index (χ4n) is 5.84. The van der Waals surface area contributed by atoms with E-state index in [0.717, 1.165) is 51.7 Å². The predicted molar refractivity (Wildman–Crippen MR) is 123 cm³/mol. The van der Waals surface area contributed by atoms with Crippen molar-refractivity contribution in [2.75, 3.05) is 13.2 Å². The van der Waals surface area contributed by atoms with Crippen LogP contribution in [-0.2, 0) is 9.68 Å². The summed E-state index contributed by atoms with van der Waals surface area (Å²) >= 11 is 0. The maximum absolute atomic E-state index is 6.15. The summed E-state index contributed by atoms with van der Waals surface area (Å²) in [6.45, 7) is 24.0. The molecule has 6 nitrogen and oxygen atoms in total. The summed E-state index contributed by atoms with van der Waals surface area (Å²) in [6.07, 6.45) is 5.92. The smallest absolute Gasteiger partial charge is 0.0745 e. The lowest BCUT2D eigenvalue weighted by Gasteiger charge is -2.53. The van der Waals surface area contributed by atoms with Gasteiger partial charge in [0.15, 0.2) is 0 Å². The summed E-state index contributed by atoms with van der Waals surface area (Å²) in [5, 5.41) is 14.3. The van der Waals surface area contributed by atoms with E-state index in [1.807, 2.05) is 0 Å². The van der Waals surface area contributed by atoms with Gasteiger partial charge in [0, 0.05) is 22.2 Å². The second-order valence-corrected chi connectivity index (χ2v) is 11.9. The maximum Gasteiger partial charge on any atom is 0.0745 e. The molecular weight excluding hydrogens is 376 g/mol. The lowest BCUT2D eigenvalue weighted by Crippen LogP contribution is -2.61. The molecule has 0 aromatic heterocycles. The van der Waals surface area contributed by atoms with Gasteiger partial charge in [-0.3, -0.25) is 9.68 Å². The monoisotopic (exact) mass is 424 g/mol. The first-order chi connectivity index (χ1) is 13.7. The molecule has 2 aliphatic heterocycles. The van der Waals surface area contributed by atoms with Gasteiger partial charge in [-0.2, -0.15) is 20.4 Å². The Balaban J connectivity index is 2.09. The van der Waals surface area contributed by atoms with Crippen LogP contribution in [0.2, 0.25) is 0 Å². The van der Waals surface area contributed by atoms with E-state index in [4.69, 9.17) is 19.9 Å². The largest absolute Gasteiger partial charge is 0.298 e. The molecular formula is C24H48N4O2. The third-order valence-electron chi connectivity index (χ3n) is 6.38. The number of rotatable bonds is 8. The lowest BCUT2D eigenvalue weighted by atomic mass is 9.79. The van der Waals surface area contributed by atoms with Crippen molar-refractivity contribution >= 4 is 0 Å². The van der Waals surface area contributed by atoms with Crippen LogP contribution >= 0.6 is 0 Å². The zero-order valence-electron chi connectivity index (χ0n) is 21.4. The zero-order chi connectivity index (χ0) is 22.8. The molecule has 2 saturated heterocycles. The Morgan fingerprint density at radius 2 is 0.867 bits per heavy atom. The molecule has 0 radical (unpaired) electrons. The Kier molecular flexibility index (Phi) is 8.15. The van der Waals surface area contributed by atoms with Gasteiger partial charge in [0.2, 0.25) is 0 Å². The van der Waals surface area contributed by atoms with E-state index in [-0.39, 0.29) is 34.2 Å². The van der Waals surface area contributed by atoms with E-state index < -0.39 is 0 Å². The lowest BCUT2D eigenvalue weighted by molar-refractivity contribution is -0.284. The average molecular weight is 425 g/mol. The minimum absolute atomic E-state index is 0.0590. The van der Waals surface area contributed by atoms with Gasteiger partial charge in [-0.05, 0) is 93.9 Å². The summed E-state index contributed by atoms with van der Waals surface area (Å²) in [4.78, 5) is 12.3. The van der Waals surface area contributed by atoms with Crippen molar-refractivity contribution < 1.29 is 9.68 Å². The molecule has 0 N–H and O–H groups in total. The minimum Gasteiger partial charge on any atom is -0.298 e. The highest BCUT2D eigenvalue weighted by molar-refractivity contribution is 5.01. The first-order valence-electron chi connectivity index (χ1n) is 12.0. The summed E-state index contributed by atoms with van der Waals surface area (Å²) in [6, 6.07) is 0.467. The van der Waals surface area contributed by atoms with Crippen molar-refractivity contribution in [2.45, 2.75) is 142 Å². The van der Waals surface area contributed by atoms with Crippen LogP contribution in [0.4, 0.5) is 0 Å². The van der Waals surface area contributed by atoms with Crippen LogP contribution in [0.15, 0.2) is 10.2 Å². The molecule has 0 aromatic carbocycles. The number of hydroxylamine groups is 4. The molecule has 2 fully saturated rings. The number of azo groups is 1. The van der Waals surface area contributed by atoms with E-state index >= 15 is 0 Å². The number of piperidine rings is 2. The second kappa shape index (κ2) is 9.51. The van der Waals surface area contributed by atoms with Crippen LogP contribution < -0.4 is 0 Å². The molecule has 0 unspecified atom stereocenters. The van der Waals surface area contributed by atoms with Gasteiger partial charge in [-0.15, -0.1) is 0 Å². The minimum atomic E-state index is -0.0590. The highest BCUT2D eigenvalue weighted by atomic mass is 16.7. The summed E-state index contributed by atoms with van der Waals surface area (Å²) in [7, 11) is 0. The Morgan fingerprint density at radius 3 is 1.10 bits per heavy atom. The van der Waals surface area contributed by atoms with Crippen molar-refractivity contribution in [1.82, 2.24) is 10.1 Å². The van der Waals surface area contributed by atoms with E-state index in [0.29, 0.717) is 0 Å². The van der Waals surface area contributed by atoms with Gasteiger partial charge in [0.25, 0.3) is 0 Å². The SMILES string of the molecule is CCCON1C(C)(C)CC(N=NC2CC(C)(C)N(OCCC)C(C)(C)C2)CC1(C)C. The van der Waals surface area contributed by atoms with Crippen molar-refractivity contribution in [2.24, 2.45) is 10.2 Å². The van der Waals surface area contributed by atoms with E-state index in [1.165, 1.54) is 0 Å². The van der Waals surface area contributed by atoms with Crippen LogP contribution in [0.25, 0.3) is 0 Å². The maximum atomic E-state index is 6.15. The highest BCUT2D eigenvalue weighted by Crippen LogP contribution is 2.42. The quantitative estimate of drug-likeness (QED) is 0.438. The average Bonchev–Trinajstić information content (AvgIpc) is 2.56. The molecule has 2 rings (SSSR count). The molecule has 2 heterocycles. The Hall–Kier alpha value is -0.560. The Bertz CT molecular complexity index is 500. The molecule has 6 heteroatoms. The molecule has 0 aliphatic carbocycles. The van der Waals surface area contributed by atoms with Crippen molar-refractivity contribution in [1.29, 1.82) is 0 Å². The van der Waals surface area contributed by atoms with E-state index in [2.05, 4.69) is 79.4 Å². The van der Waals surface area contributed by atoms with Gasteiger partial charge in [0.05, 0.1) is 25.3 Å². The zero-order valence-corrected chi connectivity index (χ0v) is 21.4. The van der Waals surface area contributed by atoms with Crippen molar-refractivity contribution in [3.8, 4) is 0 Å². The second-order valence-electron chi connectivity index (χ2n) is 11.9. The van der Waals surface area contributed by atoms with Gasteiger partial charge < -0.3 is 0 Å². The topological polar surface area (TPSA) is 49.7 Å². The number of hydrogen-bond acceptors (Lipinski definition) is 6. The fourth-order valence-corrected chi connectivity index (χ4v) is 5.84. The standard InChI is InChI=1S/C24H48N4O2/c1-11-13-29-27-21(3,4)15-19(16-22(27,5)6)25-26-20-17-23(7,8)28(30-14-12-2)24(9,10)18-20/h19-20H,11-18H2,1-10H3. The molecule has 176 valence electrons. The molecule has 30 heavy (non-hydrogen) atoms.